The molecule has 2 atom stereocenters. The van der Waals surface area contributed by atoms with Crippen molar-refractivity contribution >= 4 is 11.3 Å². The summed E-state index contributed by atoms with van der Waals surface area (Å²) in [5, 5.41) is 10.5. The topological polar surface area (TPSA) is 37.0 Å². The van der Waals surface area contributed by atoms with E-state index in [-0.39, 0.29) is 0 Å². The lowest BCUT2D eigenvalue weighted by Gasteiger charge is -2.38. The zero-order chi connectivity index (χ0) is 13.9. The number of piperidine rings is 1. The molecule has 4 heteroatoms. The normalized spacial score (nSPS) is 22.4. The van der Waals surface area contributed by atoms with E-state index in [2.05, 4.69) is 48.7 Å². The van der Waals surface area contributed by atoms with Gasteiger partial charge in [0.25, 0.3) is 0 Å². The molecule has 1 aromatic heterocycles. The van der Waals surface area contributed by atoms with Crippen molar-refractivity contribution in [2.24, 2.45) is 11.3 Å². The minimum absolute atomic E-state index is 0.341. The second-order valence-electron chi connectivity index (χ2n) is 6.46. The monoisotopic (exact) mass is 281 g/mol. The lowest BCUT2D eigenvalue weighted by molar-refractivity contribution is 0.162. The summed E-state index contributed by atoms with van der Waals surface area (Å²) in [5.74, 6) is 0.777. The predicted molar refractivity (Wildman–Crippen MR) is 82.6 cm³/mol. The largest absolute Gasteiger partial charge is 0.316 e. The first-order valence-electron chi connectivity index (χ1n) is 7.35. The van der Waals surface area contributed by atoms with Gasteiger partial charge in [-0.15, -0.1) is 11.3 Å². The van der Waals surface area contributed by atoms with Crippen LogP contribution in [0.3, 0.4) is 0 Å². The third-order valence-electron chi connectivity index (χ3n) is 4.27. The van der Waals surface area contributed by atoms with Crippen molar-refractivity contribution in [3.05, 3.63) is 16.1 Å². The van der Waals surface area contributed by atoms with Crippen molar-refractivity contribution in [3.63, 3.8) is 0 Å². The summed E-state index contributed by atoms with van der Waals surface area (Å²) in [6.07, 6.45) is 2.67. The Labute approximate surface area is 121 Å². The lowest BCUT2D eigenvalue weighted by Crippen LogP contribution is -2.43. The van der Waals surface area contributed by atoms with Gasteiger partial charge < -0.3 is 10.6 Å². The lowest BCUT2D eigenvalue weighted by atomic mass is 9.75. The Morgan fingerprint density at radius 3 is 2.95 bits per heavy atom. The maximum atomic E-state index is 4.57. The summed E-state index contributed by atoms with van der Waals surface area (Å²) in [7, 11) is 0. The van der Waals surface area contributed by atoms with Gasteiger partial charge in [0.15, 0.2) is 0 Å². The first-order chi connectivity index (χ1) is 8.99. The summed E-state index contributed by atoms with van der Waals surface area (Å²) < 4.78 is 0. The highest BCUT2D eigenvalue weighted by molar-refractivity contribution is 7.09. The number of hydrogen-bond donors (Lipinski definition) is 2. The van der Waals surface area contributed by atoms with E-state index in [1.807, 2.05) is 0 Å². The number of rotatable bonds is 5. The van der Waals surface area contributed by atoms with Crippen LogP contribution in [0, 0.1) is 18.3 Å². The minimum atomic E-state index is 0.341. The molecule has 0 spiro atoms. The van der Waals surface area contributed by atoms with Gasteiger partial charge in [-0.1, -0.05) is 13.8 Å². The molecule has 19 heavy (non-hydrogen) atoms. The minimum Gasteiger partial charge on any atom is -0.316 e. The molecule has 1 aliphatic heterocycles. The highest BCUT2D eigenvalue weighted by Gasteiger charge is 2.30. The predicted octanol–water partition coefficient (Wildman–Crippen LogP) is 3.13. The number of thiazole rings is 1. The number of aromatic nitrogens is 1. The van der Waals surface area contributed by atoms with Gasteiger partial charge in [-0.3, -0.25) is 0 Å². The van der Waals surface area contributed by atoms with Crippen molar-refractivity contribution < 1.29 is 0 Å². The fourth-order valence-electron chi connectivity index (χ4n) is 2.74. The maximum Gasteiger partial charge on any atom is 0.110 e. The molecule has 2 N–H and O–H groups in total. The molecule has 0 aliphatic carbocycles. The third kappa shape index (κ3) is 4.01. The fraction of sp³-hybridized carbons (Fsp3) is 0.800. The quantitative estimate of drug-likeness (QED) is 0.870. The Morgan fingerprint density at radius 2 is 2.37 bits per heavy atom. The van der Waals surface area contributed by atoms with E-state index in [1.54, 1.807) is 11.3 Å². The van der Waals surface area contributed by atoms with Gasteiger partial charge in [0.2, 0.25) is 0 Å². The van der Waals surface area contributed by atoms with Crippen LogP contribution in [0.4, 0.5) is 0 Å². The smallest absolute Gasteiger partial charge is 0.110 e. The first kappa shape index (κ1) is 14.9. The van der Waals surface area contributed by atoms with Crippen LogP contribution in [0.5, 0.6) is 0 Å². The molecule has 2 heterocycles. The molecule has 2 rings (SSSR count). The highest BCUT2D eigenvalue weighted by atomic mass is 32.1. The van der Waals surface area contributed by atoms with Crippen LogP contribution < -0.4 is 10.6 Å². The summed E-state index contributed by atoms with van der Waals surface area (Å²) in [5.41, 5.74) is 1.47. The van der Waals surface area contributed by atoms with Crippen LogP contribution >= 0.6 is 11.3 Å². The van der Waals surface area contributed by atoms with E-state index in [9.17, 15) is 0 Å². The molecular weight excluding hydrogens is 254 g/mol. The molecule has 1 aliphatic rings. The Balaban J connectivity index is 1.86. The van der Waals surface area contributed by atoms with Gasteiger partial charge in [0.05, 0.1) is 6.04 Å². The second kappa shape index (κ2) is 6.33. The standard InChI is InChI=1S/C15H27N3S/c1-11-9-19-14(18-11)12(2)17-10-15(3,4)13-6-5-7-16-8-13/h9,12-13,16-17H,5-8,10H2,1-4H3. The highest BCUT2D eigenvalue weighted by Crippen LogP contribution is 2.31. The van der Waals surface area contributed by atoms with Gasteiger partial charge in [-0.25, -0.2) is 4.98 Å². The van der Waals surface area contributed by atoms with Crippen LogP contribution in [0.25, 0.3) is 0 Å². The number of nitrogens with one attached hydrogen (secondary N) is 2. The van der Waals surface area contributed by atoms with Gasteiger partial charge in [0, 0.05) is 17.6 Å². The Hall–Kier alpha value is -0.450. The van der Waals surface area contributed by atoms with E-state index in [0.29, 0.717) is 11.5 Å². The van der Waals surface area contributed by atoms with Crippen molar-refractivity contribution in [3.8, 4) is 0 Å². The third-order valence-corrected chi connectivity index (χ3v) is 5.42. The number of nitrogens with zero attached hydrogens (tertiary/aromatic N) is 1. The zero-order valence-corrected chi connectivity index (χ0v) is 13.4. The van der Waals surface area contributed by atoms with Crippen LogP contribution in [-0.4, -0.2) is 24.6 Å². The SMILES string of the molecule is Cc1csc(C(C)NCC(C)(C)C2CCCNC2)n1. The van der Waals surface area contributed by atoms with E-state index < -0.39 is 0 Å². The molecule has 1 saturated heterocycles. The molecule has 108 valence electrons. The average molecular weight is 281 g/mol. The van der Waals surface area contributed by atoms with E-state index in [4.69, 9.17) is 0 Å². The average Bonchev–Trinajstić information content (AvgIpc) is 2.84. The molecule has 0 radical (unpaired) electrons. The van der Waals surface area contributed by atoms with Crippen LogP contribution in [-0.2, 0) is 0 Å². The molecule has 2 unspecified atom stereocenters. The summed E-state index contributed by atoms with van der Waals surface area (Å²) in [6, 6.07) is 0.356. The van der Waals surface area contributed by atoms with Crippen molar-refractivity contribution in [2.45, 2.75) is 46.6 Å². The van der Waals surface area contributed by atoms with Crippen molar-refractivity contribution in [2.75, 3.05) is 19.6 Å². The Kier molecular flexibility index (Phi) is 4.98. The van der Waals surface area contributed by atoms with Crippen molar-refractivity contribution in [1.29, 1.82) is 0 Å². The zero-order valence-electron chi connectivity index (χ0n) is 12.6. The summed E-state index contributed by atoms with van der Waals surface area (Å²) >= 11 is 1.76. The molecule has 0 saturated carbocycles. The van der Waals surface area contributed by atoms with Gasteiger partial charge in [-0.05, 0) is 51.1 Å². The molecule has 1 aromatic rings. The molecule has 3 nitrogen and oxygen atoms in total. The number of aryl methyl sites for hydroxylation is 1. The maximum absolute atomic E-state index is 4.57. The Morgan fingerprint density at radius 1 is 1.58 bits per heavy atom. The fourth-order valence-corrected chi connectivity index (χ4v) is 3.57. The molecule has 0 bridgehead atoms. The van der Waals surface area contributed by atoms with Crippen LogP contribution in [0.1, 0.15) is 50.4 Å². The summed E-state index contributed by atoms with van der Waals surface area (Å²) in [6.45, 7) is 12.5. The van der Waals surface area contributed by atoms with Crippen LogP contribution in [0.15, 0.2) is 5.38 Å². The van der Waals surface area contributed by atoms with E-state index in [0.717, 1.165) is 18.2 Å². The number of hydrogen-bond acceptors (Lipinski definition) is 4. The van der Waals surface area contributed by atoms with E-state index in [1.165, 1.54) is 30.9 Å². The molecule has 0 amide bonds. The van der Waals surface area contributed by atoms with Crippen molar-refractivity contribution in [1.82, 2.24) is 15.6 Å². The van der Waals surface area contributed by atoms with E-state index >= 15 is 0 Å². The first-order valence-corrected chi connectivity index (χ1v) is 8.23. The van der Waals surface area contributed by atoms with Gasteiger partial charge in [0.1, 0.15) is 5.01 Å². The van der Waals surface area contributed by atoms with Crippen LogP contribution in [0.2, 0.25) is 0 Å². The summed E-state index contributed by atoms with van der Waals surface area (Å²) in [4.78, 5) is 4.57. The molecule has 0 aromatic carbocycles. The Bertz CT molecular complexity index is 394. The molecular formula is C15H27N3S. The molecule has 1 fully saturated rings. The second-order valence-corrected chi connectivity index (χ2v) is 7.35. The van der Waals surface area contributed by atoms with Gasteiger partial charge in [-0.2, -0.15) is 0 Å². The van der Waals surface area contributed by atoms with Gasteiger partial charge >= 0.3 is 0 Å².